The van der Waals surface area contributed by atoms with Gasteiger partial charge in [-0.1, -0.05) is 37.5 Å². The monoisotopic (exact) mass is 309 g/mol. The summed E-state index contributed by atoms with van der Waals surface area (Å²) >= 11 is 0. The molecule has 0 unspecified atom stereocenters. The second-order valence-electron chi connectivity index (χ2n) is 7.21. The molecule has 0 amide bonds. The maximum atomic E-state index is 7.67. The highest BCUT2D eigenvalue weighted by Crippen LogP contribution is 2.32. The van der Waals surface area contributed by atoms with Crippen molar-refractivity contribution < 1.29 is 0 Å². The fraction of sp³-hybridized carbons (Fsp3) is 0.550. The number of likely N-dealkylation sites (tertiary alicyclic amines) is 1. The predicted octanol–water partition coefficient (Wildman–Crippen LogP) is 4.61. The van der Waals surface area contributed by atoms with Crippen molar-refractivity contribution in [2.75, 3.05) is 13.1 Å². The number of hydrogen-bond acceptors (Lipinski definition) is 2. The summed E-state index contributed by atoms with van der Waals surface area (Å²) < 4.78 is 2.44. The van der Waals surface area contributed by atoms with Gasteiger partial charge in [0.1, 0.15) is 0 Å². The maximum absolute atomic E-state index is 7.67. The van der Waals surface area contributed by atoms with Crippen molar-refractivity contribution >= 4 is 17.1 Å². The Kier molecular flexibility index (Phi) is 4.21. The zero-order valence-electron chi connectivity index (χ0n) is 13.9. The van der Waals surface area contributed by atoms with Crippen LogP contribution in [0.1, 0.15) is 56.6 Å². The van der Waals surface area contributed by atoms with Crippen LogP contribution in [0.2, 0.25) is 0 Å². The van der Waals surface area contributed by atoms with E-state index in [0.29, 0.717) is 6.04 Å². The lowest BCUT2D eigenvalue weighted by atomic mass is 9.92. The molecular formula is C20H27N3. The molecule has 2 aromatic rings. The van der Waals surface area contributed by atoms with E-state index in [-0.39, 0.29) is 0 Å². The third kappa shape index (κ3) is 2.83. The number of para-hydroxylation sites is 1. The van der Waals surface area contributed by atoms with Crippen LogP contribution < -0.4 is 0 Å². The lowest BCUT2D eigenvalue weighted by Crippen LogP contribution is -2.42. The van der Waals surface area contributed by atoms with Crippen LogP contribution in [0.5, 0.6) is 0 Å². The van der Waals surface area contributed by atoms with Crippen LogP contribution >= 0.6 is 0 Å². The van der Waals surface area contributed by atoms with Crippen molar-refractivity contribution in [3.8, 4) is 0 Å². The smallest absolute Gasteiger partial charge is 0.0489 e. The van der Waals surface area contributed by atoms with Crippen molar-refractivity contribution in [1.82, 2.24) is 9.47 Å². The zero-order chi connectivity index (χ0) is 15.6. The van der Waals surface area contributed by atoms with Gasteiger partial charge in [-0.25, -0.2) is 0 Å². The van der Waals surface area contributed by atoms with Gasteiger partial charge in [0, 0.05) is 54.1 Å². The molecule has 2 aliphatic rings. The number of rotatable bonds is 3. The van der Waals surface area contributed by atoms with E-state index in [1.165, 1.54) is 75.2 Å². The molecule has 1 N–H and O–H groups in total. The first-order valence-electron chi connectivity index (χ1n) is 9.21. The first kappa shape index (κ1) is 14.9. The molecule has 1 aliphatic carbocycles. The largest absolute Gasteiger partial charge is 0.344 e. The summed E-state index contributed by atoms with van der Waals surface area (Å²) in [5.74, 6) is 0. The molecule has 4 rings (SSSR count). The third-order valence-corrected chi connectivity index (χ3v) is 5.91. The minimum absolute atomic E-state index is 0.591. The van der Waals surface area contributed by atoms with E-state index >= 15 is 0 Å². The number of benzene rings is 1. The molecule has 1 aromatic heterocycles. The Bertz CT molecular complexity index is 673. The topological polar surface area (TPSA) is 32.0 Å². The van der Waals surface area contributed by atoms with Gasteiger partial charge in [0.2, 0.25) is 0 Å². The van der Waals surface area contributed by atoms with Gasteiger partial charge in [-0.05, 0) is 31.7 Å². The van der Waals surface area contributed by atoms with Gasteiger partial charge in [-0.15, -0.1) is 0 Å². The molecule has 0 bridgehead atoms. The third-order valence-electron chi connectivity index (χ3n) is 5.91. The highest BCUT2D eigenvalue weighted by atomic mass is 15.2. The second-order valence-corrected chi connectivity index (χ2v) is 7.21. The molecule has 122 valence electrons. The SMILES string of the molecule is N=Cc1cn(C2CCN(C3CCCCC3)CC2)c2ccccc12. The van der Waals surface area contributed by atoms with Crippen LogP contribution in [0.25, 0.3) is 10.9 Å². The van der Waals surface area contributed by atoms with E-state index < -0.39 is 0 Å². The standard InChI is InChI=1S/C20H27N3/c21-14-16-15-23(20-9-5-4-8-19(16)20)18-10-12-22(13-11-18)17-6-2-1-3-7-17/h4-5,8-9,14-15,17-18,21H,1-3,6-7,10-13H2. The molecule has 1 aliphatic heterocycles. The molecule has 0 spiro atoms. The van der Waals surface area contributed by atoms with E-state index in [4.69, 9.17) is 5.41 Å². The minimum atomic E-state index is 0.591. The number of fused-ring (bicyclic) bond motifs is 1. The van der Waals surface area contributed by atoms with Crippen LogP contribution in [-0.2, 0) is 0 Å². The molecule has 2 heterocycles. The minimum Gasteiger partial charge on any atom is -0.344 e. The Morgan fingerprint density at radius 3 is 2.39 bits per heavy atom. The van der Waals surface area contributed by atoms with E-state index in [1.54, 1.807) is 0 Å². The normalized spacial score (nSPS) is 21.7. The second kappa shape index (κ2) is 6.48. The van der Waals surface area contributed by atoms with Crippen LogP contribution in [0.15, 0.2) is 30.5 Å². The Labute approximate surface area is 138 Å². The number of piperidine rings is 1. The van der Waals surface area contributed by atoms with Crippen molar-refractivity contribution in [2.45, 2.75) is 57.0 Å². The number of hydrogen-bond donors (Lipinski definition) is 1. The van der Waals surface area contributed by atoms with Gasteiger partial charge < -0.3 is 14.9 Å². The first-order chi connectivity index (χ1) is 11.4. The molecule has 23 heavy (non-hydrogen) atoms. The molecule has 0 radical (unpaired) electrons. The van der Waals surface area contributed by atoms with Gasteiger partial charge in [-0.3, -0.25) is 0 Å². The van der Waals surface area contributed by atoms with Crippen LogP contribution in [0, 0.1) is 5.41 Å². The van der Waals surface area contributed by atoms with Crippen molar-refractivity contribution in [2.24, 2.45) is 0 Å². The first-order valence-corrected chi connectivity index (χ1v) is 9.21. The Balaban J connectivity index is 1.51. The Hall–Kier alpha value is -1.61. The maximum Gasteiger partial charge on any atom is 0.0489 e. The molecule has 0 atom stereocenters. The summed E-state index contributed by atoms with van der Waals surface area (Å²) in [6.07, 6.45) is 13.3. The lowest BCUT2D eigenvalue weighted by molar-refractivity contribution is 0.110. The molecule has 1 saturated heterocycles. The van der Waals surface area contributed by atoms with Gasteiger partial charge in [-0.2, -0.15) is 0 Å². The highest BCUT2D eigenvalue weighted by Gasteiger charge is 2.27. The molecule has 2 fully saturated rings. The van der Waals surface area contributed by atoms with E-state index in [1.807, 2.05) is 0 Å². The Morgan fingerprint density at radius 2 is 1.65 bits per heavy atom. The molecule has 3 nitrogen and oxygen atoms in total. The van der Waals surface area contributed by atoms with E-state index in [9.17, 15) is 0 Å². The molecule has 3 heteroatoms. The molecular weight excluding hydrogens is 282 g/mol. The summed E-state index contributed by atoms with van der Waals surface area (Å²) in [4.78, 5) is 2.75. The van der Waals surface area contributed by atoms with E-state index in [0.717, 1.165) is 11.6 Å². The van der Waals surface area contributed by atoms with Crippen molar-refractivity contribution in [3.63, 3.8) is 0 Å². The fourth-order valence-corrected chi connectivity index (χ4v) is 4.62. The molecule has 1 saturated carbocycles. The lowest BCUT2D eigenvalue weighted by Gasteiger charge is -2.39. The zero-order valence-corrected chi connectivity index (χ0v) is 13.9. The number of aromatic nitrogens is 1. The van der Waals surface area contributed by atoms with Crippen molar-refractivity contribution in [3.05, 3.63) is 36.0 Å². The van der Waals surface area contributed by atoms with Gasteiger partial charge in [0.25, 0.3) is 0 Å². The number of nitrogens with one attached hydrogen (secondary N) is 1. The van der Waals surface area contributed by atoms with Crippen LogP contribution in [0.3, 0.4) is 0 Å². The van der Waals surface area contributed by atoms with Crippen LogP contribution in [0.4, 0.5) is 0 Å². The summed E-state index contributed by atoms with van der Waals surface area (Å²) in [5, 5.41) is 8.89. The predicted molar refractivity (Wildman–Crippen MR) is 96.5 cm³/mol. The van der Waals surface area contributed by atoms with Crippen LogP contribution in [-0.4, -0.2) is 34.8 Å². The highest BCUT2D eigenvalue weighted by molar-refractivity contribution is 5.98. The molecule has 1 aromatic carbocycles. The van der Waals surface area contributed by atoms with Gasteiger partial charge in [0.15, 0.2) is 0 Å². The summed E-state index contributed by atoms with van der Waals surface area (Å²) in [6.45, 7) is 2.48. The van der Waals surface area contributed by atoms with Gasteiger partial charge >= 0.3 is 0 Å². The summed E-state index contributed by atoms with van der Waals surface area (Å²) in [5.41, 5.74) is 2.34. The average molecular weight is 309 g/mol. The summed E-state index contributed by atoms with van der Waals surface area (Å²) in [6, 6.07) is 9.98. The summed E-state index contributed by atoms with van der Waals surface area (Å²) in [7, 11) is 0. The quantitative estimate of drug-likeness (QED) is 0.825. The van der Waals surface area contributed by atoms with Crippen molar-refractivity contribution in [1.29, 1.82) is 5.41 Å². The van der Waals surface area contributed by atoms with E-state index in [2.05, 4.69) is 39.9 Å². The number of nitrogens with zero attached hydrogens (tertiary/aromatic N) is 2. The average Bonchev–Trinajstić information content (AvgIpc) is 3.01. The fourth-order valence-electron chi connectivity index (χ4n) is 4.62. The Morgan fingerprint density at radius 1 is 0.913 bits per heavy atom. The van der Waals surface area contributed by atoms with Gasteiger partial charge in [0.05, 0.1) is 0 Å².